The van der Waals surface area contributed by atoms with Crippen LogP contribution in [0.25, 0.3) is 0 Å². The number of hydrogen-bond donors (Lipinski definition) is 0. The van der Waals surface area contributed by atoms with Gasteiger partial charge in [0.1, 0.15) is 0 Å². The summed E-state index contributed by atoms with van der Waals surface area (Å²) >= 11 is 0. The van der Waals surface area contributed by atoms with Crippen LogP contribution in [0.3, 0.4) is 0 Å². The number of hydrogen-bond acceptors (Lipinski definition) is 0. The Balaban J connectivity index is -0.000000133. The summed E-state index contributed by atoms with van der Waals surface area (Å²) in [5, 5.41) is 0. The second-order valence-corrected chi connectivity index (χ2v) is 5.46. The first kappa shape index (κ1) is 52.0. The Hall–Kier alpha value is -2.58. The summed E-state index contributed by atoms with van der Waals surface area (Å²) in [5.74, 6) is 0. The van der Waals surface area contributed by atoms with Gasteiger partial charge in [0.05, 0.1) is 0 Å². The zero-order valence-electron chi connectivity index (χ0n) is 22.5. The summed E-state index contributed by atoms with van der Waals surface area (Å²) in [6.07, 6.45) is 0. The summed E-state index contributed by atoms with van der Waals surface area (Å²) in [6, 6.07) is 96.0. The predicted molar refractivity (Wildman–Crippen MR) is 145 cm³/mol. The Morgan fingerprint density at radius 1 is 0.156 bits per heavy atom. The summed E-state index contributed by atoms with van der Waals surface area (Å²) in [6.45, 7) is 0. The zero-order valence-corrected chi connectivity index (χ0v) is 29.0. The van der Waals surface area contributed by atoms with Crippen LogP contribution in [0.4, 0.5) is 0 Å². The third-order valence-corrected chi connectivity index (χ3v) is 2.81. The summed E-state index contributed by atoms with van der Waals surface area (Å²) < 4.78 is 0. The maximum Gasteiger partial charge on any atom is 0 e. The van der Waals surface area contributed by atoms with Gasteiger partial charge < -0.3 is 243 Å². The SMILES string of the molecule is [Fe].[Fe].[Fe].[Fe].[Ge].[c-]1[c-][c-][cH-][c-]1.[c-]1[c-][c-][cH-][c-]1.[c-]1[c-][c-][cH-][c-]1.[c-]1[c-][c-][cH-][c-]1.[c-]1[c-][c-][cH-][c-]1.[c-]1[c-][c-][cH-][c-]1.[c-]1[c-][c-][cH-][c-]1.[c-]1[c-][c-][cH-][c-]1. The van der Waals surface area contributed by atoms with Crippen molar-refractivity contribution >= 4 is 17.6 Å². The predicted octanol–water partition coefficient (Wildman–Crippen LogP) is 4.46. The normalized spacial score (nSPS) is 7.11. The minimum atomic E-state index is 0. The monoisotopic (exact) mass is 786 g/mol. The molecule has 0 unspecified atom stereocenters. The summed E-state index contributed by atoms with van der Waals surface area (Å²) in [4.78, 5) is 0. The van der Waals surface area contributed by atoms with E-state index in [2.05, 4.69) is 194 Å². The Labute approximate surface area is 325 Å². The maximum atomic E-state index is 2.62. The van der Waals surface area contributed by atoms with Crippen molar-refractivity contribution in [2.45, 2.75) is 0 Å². The molecular formula is C40H8Fe4Ge-40. The minimum Gasteiger partial charge on any atom is -0.999 e. The van der Waals surface area contributed by atoms with Crippen LogP contribution in [0, 0.1) is 194 Å². The van der Waals surface area contributed by atoms with Crippen LogP contribution in [0.2, 0.25) is 0 Å². The summed E-state index contributed by atoms with van der Waals surface area (Å²) in [7, 11) is 0. The van der Waals surface area contributed by atoms with E-state index in [9.17, 15) is 0 Å². The van der Waals surface area contributed by atoms with Crippen molar-refractivity contribution < 1.29 is 68.3 Å². The van der Waals surface area contributed by atoms with E-state index < -0.39 is 0 Å². The minimum absolute atomic E-state index is 0. The Morgan fingerprint density at radius 2 is 0.222 bits per heavy atom. The molecule has 0 saturated heterocycles. The Bertz CT molecular complexity index is 793. The van der Waals surface area contributed by atoms with Gasteiger partial charge in [-0.25, -0.2) is 0 Å². The Kier molecular flexibility index (Phi) is 55.8. The smallest absolute Gasteiger partial charge is 0 e. The van der Waals surface area contributed by atoms with Crippen molar-refractivity contribution in [1.29, 1.82) is 0 Å². The molecule has 8 aromatic rings. The second kappa shape index (κ2) is 48.3. The third-order valence-electron chi connectivity index (χ3n) is 2.81. The van der Waals surface area contributed by atoms with Crippen LogP contribution in [0.5, 0.6) is 0 Å². The standard InChI is InChI=1S/8C5H.4Fe.Ge/c8*1-2-4-5-3-1;;;;;/h8*1H;;;;;/q8*-5;;;;;. The van der Waals surface area contributed by atoms with E-state index in [-0.39, 0.29) is 85.9 Å². The molecule has 0 spiro atoms. The largest absolute Gasteiger partial charge is 0.999 e. The van der Waals surface area contributed by atoms with Gasteiger partial charge in [-0.2, -0.15) is 0 Å². The second-order valence-electron chi connectivity index (χ2n) is 5.46. The zero-order chi connectivity index (χ0) is 28.3. The van der Waals surface area contributed by atoms with Gasteiger partial charge in [-0.3, -0.25) is 0 Å². The van der Waals surface area contributed by atoms with Gasteiger partial charge >= 0.3 is 0 Å². The first-order valence-corrected chi connectivity index (χ1v) is 10.6. The molecule has 0 saturated carbocycles. The van der Waals surface area contributed by atoms with E-state index in [1.54, 1.807) is 48.5 Å². The first-order chi connectivity index (χ1) is 20.0. The topological polar surface area (TPSA) is 0 Å². The average molecular weight is 784 g/mol. The van der Waals surface area contributed by atoms with E-state index in [1.165, 1.54) is 0 Å². The molecular weight excluding hydrogens is 776 g/mol. The van der Waals surface area contributed by atoms with E-state index in [0.29, 0.717) is 0 Å². The Morgan fingerprint density at radius 3 is 0.244 bits per heavy atom. The van der Waals surface area contributed by atoms with Crippen LogP contribution in [-0.4, -0.2) is 17.6 Å². The molecule has 244 valence electrons. The van der Waals surface area contributed by atoms with Gasteiger partial charge in [-0.15, -0.1) is 0 Å². The molecule has 5 heteroatoms. The molecule has 45 heavy (non-hydrogen) atoms. The van der Waals surface area contributed by atoms with Gasteiger partial charge in [0.25, 0.3) is 0 Å². The van der Waals surface area contributed by atoms with Crippen LogP contribution in [0.1, 0.15) is 0 Å². The maximum absolute atomic E-state index is 2.62. The van der Waals surface area contributed by atoms with Gasteiger partial charge in [-0.1, -0.05) is 0 Å². The molecule has 8 aromatic carbocycles. The summed E-state index contributed by atoms with van der Waals surface area (Å²) in [5.41, 5.74) is 0. The molecule has 0 heterocycles. The molecule has 0 amide bonds. The van der Waals surface area contributed by atoms with Crippen LogP contribution in [-0.2, 0) is 68.3 Å². The molecule has 0 N–H and O–H groups in total. The van der Waals surface area contributed by atoms with Crippen molar-refractivity contribution in [3.05, 3.63) is 243 Å². The molecule has 0 aliphatic heterocycles. The van der Waals surface area contributed by atoms with Crippen molar-refractivity contribution in [3.63, 3.8) is 0 Å². The molecule has 8 rings (SSSR count). The van der Waals surface area contributed by atoms with Crippen LogP contribution >= 0.6 is 0 Å². The van der Waals surface area contributed by atoms with E-state index in [0.717, 1.165) is 0 Å². The molecule has 0 aromatic heterocycles. The quantitative estimate of drug-likeness (QED) is 0.158. The van der Waals surface area contributed by atoms with Crippen LogP contribution < -0.4 is 0 Å². The number of rotatable bonds is 0. The fraction of sp³-hybridized carbons (Fsp3) is 0. The van der Waals surface area contributed by atoms with Crippen molar-refractivity contribution in [1.82, 2.24) is 0 Å². The van der Waals surface area contributed by atoms with Gasteiger partial charge in [0, 0.05) is 85.9 Å². The van der Waals surface area contributed by atoms with E-state index in [1.807, 2.05) is 0 Å². The van der Waals surface area contributed by atoms with Crippen LogP contribution in [0.15, 0.2) is 48.5 Å². The third kappa shape index (κ3) is 46.0. The average Bonchev–Trinajstić information content (AvgIpc) is 3.95. The molecule has 0 nitrogen and oxygen atoms in total. The molecule has 0 atom stereocenters. The molecule has 0 bridgehead atoms. The first-order valence-electron chi connectivity index (χ1n) is 10.6. The van der Waals surface area contributed by atoms with Crippen molar-refractivity contribution in [3.8, 4) is 0 Å². The van der Waals surface area contributed by atoms with E-state index >= 15 is 0 Å². The molecule has 0 aliphatic rings. The molecule has 0 fully saturated rings. The molecule has 4 radical (unpaired) electrons. The fourth-order valence-electron chi connectivity index (χ4n) is 1.44. The van der Waals surface area contributed by atoms with Crippen molar-refractivity contribution in [2.75, 3.05) is 0 Å². The van der Waals surface area contributed by atoms with E-state index in [4.69, 9.17) is 0 Å². The van der Waals surface area contributed by atoms with Gasteiger partial charge in [0.15, 0.2) is 0 Å². The van der Waals surface area contributed by atoms with Crippen molar-refractivity contribution in [2.24, 2.45) is 0 Å². The fourth-order valence-corrected chi connectivity index (χ4v) is 1.44. The van der Waals surface area contributed by atoms with Gasteiger partial charge in [0.2, 0.25) is 0 Å². The molecule has 0 aliphatic carbocycles. The van der Waals surface area contributed by atoms with Gasteiger partial charge in [-0.05, 0) is 0 Å².